The third-order valence-corrected chi connectivity index (χ3v) is 5.90. The Bertz CT molecular complexity index is 969. The van der Waals surface area contributed by atoms with Gasteiger partial charge in [-0.1, -0.05) is 11.6 Å². The predicted molar refractivity (Wildman–Crippen MR) is 115 cm³/mol. The van der Waals surface area contributed by atoms with E-state index in [9.17, 15) is 0 Å². The van der Waals surface area contributed by atoms with Gasteiger partial charge in [-0.2, -0.15) is 0 Å². The SMILES string of the molecule is Clc1ccc(-n2nc(N3CCOC(CN4CCNCC4)C3)c3ccncc32)cc1. The molecule has 0 radical (unpaired) electrons. The van der Waals surface area contributed by atoms with Gasteiger partial charge in [0.2, 0.25) is 0 Å². The van der Waals surface area contributed by atoms with Gasteiger partial charge in [0.15, 0.2) is 5.82 Å². The highest BCUT2D eigenvalue weighted by Gasteiger charge is 2.27. The fourth-order valence-electron chi connectivity index (χ4n) is 4.16. The van der Waals surface area contributed by atoms with Gasteiger partial charge in [-0.3, -0.25) is 9.88 Å². The topological polar surface area (TPSA) is 58.5 Å². The van der Waals surface area contributed by atoms with E-state index in [2.05, 4.69) is 20.1 Å². The molecular formula is C21H25ClN6O. The third-order valence-electron chi connectivity index (χ3n) is 5.64. The van der Waals surface area contributed by atoms with Crippen molar-refractivity contribution in [1.82, 2.24) is 25.0 Å². The largest absolute Gasteiger partial charge is 0.373 e. The van der Waals surface area contributed by atoms with Crippen molar-refractivity contribution < 1.29 is 4.74 Å². The first-order chi connectivity index (χ1) is 14.3. The first-order valence-corrected chi connectivity index (χ1v) is 10.5. The maximum absolute atomic E-state index is 6.08. The Balaban J connectivity index is 1.42. The number of nitrogens with one attached hydrogen (secondary N) is 1. The summed E-state index contributed by atoms with van der Waals surface area (Å²) in [5, 5.41) is 10.2. The number of pyridine rings is 1. The summed E-state index contributed by atoms with van der Waals surface area (Å²) in [5.41, 5.74) is 1.97. The number of rotatable bonds is 4. The van der Waals surface area contributed by atoms with Gasteiger partial charge in [0.1, 0.15) is 0 Å². The number of benzene rings is 1. The first-order valence-electron chi connectivity index (χ1n) is 10.2. The molecule has 7 nitrogen and oxygen atoms in total. The van der Waals surface area contributed by atoms with Crippen LogP contribution in [0.1, 0.15) is 0 Å². The maximum Gasteiger partial charge on any atom is 0.159 e. The van der Waals surface area contributed by atoms with Crippen molar-refractivity contribution in [3.63, 3.8) is 0 Å². The second-order valence-corrected chi connectivity index (χ2v) is 8.03. The Hall–Kier alpha value is -2.19. The van der Waals surface area contributed by atoms with Crippen LogP contribution in [-0.4, -0.2) is 78.2 Å². The van der Waals surface area contributed by atoms with Gasteiger partial charge >= 0.3 is 0 Å². The molecule has 8 heteroatoms. The zero-order valence-electron chi connectivity index (χ0n) is 16.3. The summed E-state index contributed by atoms with van der Waals surface area (Å²) in [7, 11) is 0. The van der Waals surface area contributed by atoms with Crippen LogP contribution >= 0.6 is 11.6 Å². The highest BCUT2D eigenvalue weighted by atomic mass is 35.5. The monoisotopic (exact) mass is 412 g/mol. The average Bonchev–Trinajstić information content (AvgIpc) is 3.15. The zero-order chi connectivity index (χ0) is 19.6. The van der Waals surface area contributed by atoms with Gasteiger partial charge in [-0.15, -0.1) is 5.10 Å². The maximum atomic E-state index is 6.08. The van der Waals surface area contributed by atoms with E-state index >= 15 is 0 Å². The Morgan fingerprint density at radius 1 is 1.10 bits per heavy atom. The van der Waals surface area contributed by atoms with Crippen molar-refractivity contribution in [2.24, 2.45) is 0 Å². The van der Waals surface area contributed by atoms with Crippen LogP contribution in [0.3, 0.4) is 0 Å². The van der Waals surface area contributed by atoms with Gasteiger partial charge in [0.25, 0.3) is 0 Å². The van der Waals surface area contributed by atoms with E-state index in [1.807, 2.05) is 47.4 Å². The fraction of sp³-hybridized carbons (Fsp3) is 0.429. The van der Waals surface area contributed by atoms with Gasteiger partial charge in [-0.05, 0) is 30.3 Å². The van der Waals surface area contributed by atoms with Crippen molar-refractivity contribution in [2.45, 2.75) is 6.10 Å². The number of piperazine rings is 1. The molecule has 0 saturated carbocycles. The molecule has 152 valence electrons. The number of nitrogens with zero attached hydrogens (tertiary/aromatic N) is 5. The van der Waals surface area contributed by atoms with E-state index < -0.39 is 0 Å². The Labute approximate surface area is 175 Å². The van der Waals surface area contributed by atoms with Crippen molar-refractivity contribution in [2.75, 3.05) is 57.3 Å². The van der Waals surface area contributed by atoms with Crippen molar-refractivity contribution in [3.05, 3.63) is 47.7 Å². The molecule has 2 aliphatic rings. The molecule has 29 heavy (non-hydrogen) atoms. The molecule has 1 atom stereocenters. The number of fused-ring (bicyclic) bond motifs is 1. The second kappa shape index (κ2) is 8.28. The molecule has 4 heterocycles. The second-order valence-electron chi connectivity index (χ2n) is 7.59. The summed E-state index contributed by atoms with van der Waals surface area (Å²) in [6.45, 7) is 7.65. The summed E-state index contributed by atoms with van der Waals surface area (Å²) >= 11 is 6.07. The lowest BCUT2D eigenvalue weighted by atomic mass is 10.2. The van der Waals surface area contributed by atoms with Crippen molar-refractivity contribution in [1.29, 1.82) is 0 Å². The van der Waals surface area contributed by atoms with Crippen LogP contribution in [0.2, 0.25) is 5.02 Å². The number of anilines is 1. The molecule has 3 aromatic rings. The molecule has 0 spiro atoms. The summed E-state index contributed by atoms with van der Waals surface area (Å²) in [5.74, 6) is 0.992. The number of hydrogen-bond acceptors (Lipinski definition) is 6. The quantitative estimate of drug-likeness (QED) is 0.708. The minimum atomic E-state index is 0.194. The number of hydrogen-bond donors (Lipinski definition) is 1. The minimum Gasteiger partial charge on any atom is -0.373 e. The van der Waals surface area contributed by atoms with Gasteiger partial charge in [0, 0.05) is 62.4 Å². The number of ether oxygens (including phenoxy) is 1. The van der Waals surface area contributed by atoms with Gasteiger partial charge in [0.05, 0.1) is 30.1 Å². The zero-order valence-corrected chi connectivity index (χ0v) is 17.1. The van der Waals surface area contributed by atoms with E-state index in [1.54, 1.807) is 0 Å². The molecule has 1 aromatic carbocycles. The molecule has 2 aromatic heterocycles. The predicted octanol–water partition coefficient (Wildman–Crippen LogP) is 2.18. The Morgan fingerprint density at radius 3 is 2.76 bits per heavy atom. The number of halogens is 1. The summed E-state index contributed by atoms with van der Waals surface area (Å²) in [6, 6.07) is 9.79. The smallest absolute Gasteiger partial charge is 0.159 e. The van der Waals surface area contributed by atoms with Crippen LogP contribution < -0.4 is 10.2 Å². The summed E-state index contributed by atoms with van der Waals surface area (Å²) in [4.78, 5) is 9.16. The Morgan fingerprint density at radius 2 is 1.93 bits per heavy atom. The molecular weight excluding hydrogens is 388 g/mol. The lowest BCUT2D eigenvalue weighted by Crippen LogP contribution is -2.51. The molecule has 0 amide bonds. The first kappa shape index (κ1) is 18.8. The molecule has 5 rings (SSSR count). The van der Waals surface area contributed by atoms with E-state index in [0.717, 1.165) is 74.8 Å². The molecule has 0 bridgehead atoms. The van der Waals surface area contributed by atoms with Gasteiger partial charge < -0.3 is 15.0 Å². The highest BCUT2D eigenvalue weighted by Crippen LogP contribution is 2.29. The molecule has 1 unspecified atom stereocenters. The minimum absolute atomic E-state index is 0.194. The van der Waals surface area contributed by atoms with Crippen LogP contribution in [0.5, 0.6) is 0 Å². The summed E-state index contributed by atoms with van der Waals surface area (Å²) < 4.78 is 8.04. The van der Waals surface area contributed by atoms with E-state index in [-0.39, 0.29) is 6.10 Å². The van der Waals surface area contributed by atoms with Crippen LogP contribution in [0, 0.1) is 0 Å². The highest BCUT2D eigenvalue weighted by molar-refractivity contribution is 6.30. The number of aromatic nitrogens is 3. The molecule has 0 aliphatic carbocycles. The third kappa shape index (κ3) is 3.96. The van der Waals surface area contributed by atoms with Crippen molar-refractivity contribution in [3.8, 4) is 5.69 Å². The van der Waals surface area contributed by atoms with Crippen LogP contribution in [0.25, 0.3) is 16.6 Å². The normalized spacial score (nSPS) is 21.0. The van der Waals surface area contributed by atoms with Crippen LogP contribution in [0.15, 0.2) is 42.7 Å². The van der Waals surface area contributed by atoms with Crippen molar-refractivity contribution >= 4 is 28.3 Å². The average molecular weight is 413 g/mol. The van der Waals surface area contributed by atoms with Gasteiger partial charge in [-0.25, -0.2) is 4.68 Å². The summed E-state index contributed by atoms with van der Waals surface area (Å²) in [6.07, 6.45) is 3.90. The molecule has 2 saturated heterocycles. The van der Waals surface area contributed by atoms with Crippen LogP contribution in [-0.2, 0) is 4.74 Å². The Kier molecular flexibility index (Phi) is 5.37. The van der Waals surface area contributed by atoms with E-state index in [4.69, 9.17) is 21.4 Å². The van der Waals surface area contributed by atoms with E-state index in [0.29, 0.717) is 5.02 Å². The van der Waals surface area contributed by atoms with E-state index in [1.165, 1.54) is 0 Å². The molecule has 2 fully saturated rings. The standard InChI is InChI=1S/C21H25ClN6O/c22-16-1-3-17(4-2-16)28-20-13-24-6-5-19(20)21(25-28)27-11-12-29-18(15-27)14-26-9-7-23-8-10-26/h1-6,13,18,23H,7-12,14-15H2. The molecule has 1 N–H and O–H groups in total. The van der Waals surface area contributed by atoms with Crippen LogP contribution in [0.4, 0.5) is 5.82 Å². The lowest BCUT2D eigenvalue weighted by molar-refractivity contribution is 0.0133. The lowest BCUT2D eigenvalue weighted by Gasteiger charge is -2.37. The molecule has 2 aliphatic heterocycles. The number of morpholine rings is 1. The fourth-order valence-corrected chi connectivity index (χ4v) is 4.29.